The Morgan fingerprint density at radius 1 is 0.886 bits per heavy atom. The van der Waals surface area contributed by atoms with Gasteiger partial charge in [0.2, 0.25) is 5.88 Å². The van der Waals surface area contributed by atoms with Crippen molar-refractivity contribution in [2.24, 2.45) is 0 Å². The van der Waals surface area contributed by atoms with E-state index in [9.17, 15) is 4.79 Å². The normalized spacial score (nSPS) is 10.9. The van der Waals surface area contributed by atoms with Gasteiger partial charge in [0.15, 0.2) is 0 Å². The van der Waals surface area contributed by atoms with Crippen molar-refractivity contribution >= 4 is 17.4 Å². The maximum absolute atomic E-state index is 12.7. The number of pyridine rings is 2. The van der Waals surface area contributed by atoms with E-state index >= 15 is 0 Å². The van der Waals surface area contributed by atoms with Crippen molar-refractivity contribution in [3.05, 3.63) is 103 Å². The van der Waals surface area contributed by atoms with Crippen molar-refractivity contribution in [1.82, 2.24) is 9.97 Å². The third-order valence-corrected chi connectivity index (χ3v) is 5.16. The topological polar surface area (TPSA) is 85.4 Å². The molecule has 35 heavy (non-hydrogen) atoms. The van der Waals surface area contributed by atoms with E-state index in [1.54, 1.807) is 55.0 Å². The number of anilines is 2. The molecule has 0 unspecified atom stereocenters. The minimum Gasteiger partial charge on any atom is -0.489 e. The highest BCUT2D eigenvalue weighted by Gasteiger charge is 2.20. The van der Waals surface area contributed by atoms with E-state index in [2.05, 4.69) is 41.4 Å². The van der Waals surface area contributed by atoms with Crippen molar-refractivity contribution in [2.75, 3.05) is 10.6 Å². The van der Waals surface area contributed by atoms with Crippen LogP contribution in [0, 0.1) is 0 Å². The Bertz CT molecular complexity index is 1270. The number of hydrogen-bond acceptors (Lipinski definition) is 5. The molecule has 0 saturated carbocycles. The van der Waals surface area contributed by atoms with Crippen LogP contribution < -0.4 is 20.1 Å². The molecule has 4 aromatic rings. The molecule has 0 atom stereocenters. The van der Waals surface area contributed by atoms with Crippen molar-refractivity contribution in [2.45, 2.75) is 32.8 Å². The first kappa shape index (κ1) is 23.8. The Morgan fingerprint density at radius 2 is 1.66 bits per heavy atom. The molecule has 0 saturated heterocycles. The first-order chi connectivity index (χ1) is 16.9. The van der Waals surface area contributed by atoms with E-state index in [0.29, 0.717) is 35.4 Å². The largest absolute Gasteiger partial charge is 0.489 e. The maximum Gasteiger partial charge on any atom is 0.323 e. The second-order valence-corrected chi connectivity index (χ2v) is 8.96. The Balaban J connectivity index is 1.39. The lowest BCUT2D eigenvalue weighted by Crippen LogP contribution is -2.20. The summed E-state index contributed by atoms with van der Waals surface area (Å²) in [5, 5.41) is 5.64. The highest BCUT2D eigenvalue weighted by atomic mass is 16.5. The molecule has 7 heteroatoms. The van der Waals surface area contributed by atoms with Gasteiger partial charge in [-0.15, -0.1) is 0 Å². The van der Waals surface area contributed by atoms with Gasteiger partial charge in [0.1, 0.15) is 23.8 Å². The summed E-state index contributed by atoms with van der Waals surface area (Å²) in [5.41, 5.74) is 3.01. The van der Waals surface area contributed by atoms with Crippen molar-refractivity contribution in [1.29, 1.82) is 0 Å². The lowest BCUT2D eigenvalue weighted by molar-refractivity contribution is 0.262. The molecule has 2 aromatic carbocycles. The van der Waals surface area contributed by atoms with Gasteiger partial charge in [-0.1, -0.05) is 45.0 Å². The van der Waals surface area contributed by atoms with E-state index in [1.807, 2.05) is 36.4 Å². The number of ether oxygens (including phenoxy) is 2. The molecule has 4 rings (SSSR count). The molecule has 7 nitrogen and oxygen atoms in total. The molecular weight excluding hydrogens is 440 g/mol. The van der Waals surface area contributed by atoms with Gasteiger partial charge in [0.05, 0.1) is 0 Å². The number of benzene rings is 2. The van der Waals surface area contributed by atoms with Gasteiger partial charge in [-0.2, -0.15) is 0 Å². The fourth-order valence-electron chi connectivity index (χ4n) is 3.42. The van der Waals surface area contributed by atoms with Crippen LogP contribution in [0.25, 0.3) is 0 Å². The average Bonchev–Trinajstić information content (AvgIpc) is 2.85. The summed E-state index contributed by atoms with van der Waals surface area (Å²) in [6.07, 6.45) is 5.11. The van der Waals surface area contributed by atoms with Crippen molar-refractivity contribution in [3.8, 4) is 17.4 Å². The number of carbonyl (C=O) groups excluding carboxylic acids is 1. The molecule has 0 aliphatic heterocycles. The van der Waals surface area contributed by atoms with E-state index in [1.165, 1.54) is 0 Å². The number of aromatic nitrogens is 2. The van der Waals surface area contributed by atoms with Crippen LogP contribution in [0.2, 0.25) is 0 Å². The number of urea groups is 1. The Morgan fingerprint density at radius 3 is 2.40 bits per heavy atom. The minimum atomic E-state index is -0.406. The van der Waals surface area contributed by atoms with Crippen LogP contribution in [-0.2, 0) is 12.0 Å². The molecular formula is C28H28N4O3. The maximum atomic E-state index is 12.7. The molecule has 2 heterocycles. The molecule has 2 amide bonds. The average molecular weight is 469 g/mol. The second kappa shape index (κ2) is 10.7. The molecule has 2 N–H and O–H groups in total. The summed E-state index contributed by atoms with van der Waals surface area (Å²) < 4.78 is 11.9. The summed E-state index contributed by atoms with van der Waals surface area (Å²) in [6, 6.07) is 21.9. The zero-order valence-electron chi connectivity index (χ0n) is 20.0. The van der Waals surface area contributed by atoms with Crippen molar-refractivity contribution < 1.29 is 14.3 Å². The Hall–Kier alpha value is -4.39. The van der Waals surface area contributed by atoms with Crippen LogP contribution in [0.4, 0.5) is 16.2 Å². The monoisotopic (exact) mass is 468 g/mol. The molecule has 0 fully saturated rings. The number of nitrogens with one attached hydrogen (secondary N) is 2. The van der Waals surface area contributed by atoms with Gasteiger partial charge in [0.25, 0.3) is 0 Å². The van der Waals surface area contributed by atoms with Crippen LogP contribution in [0.15, 0.2) is 91.4 Å². The number of para-hydroxylation sites is 1. The lowest BCUT2D eigenvalue weighted by atomic mass is 9.86. The van der Waals surface area contributed by atoms with Gasteiger partial charge in [0, 0.05) is 35.4 Å². The van der Waals surface area contributed by atoms with Gasteiger partial charge in [-0.25, -0.2) is 9.78 Å². The smallest absolute Gasteiger partial charge is 0.323 e. The summed E-state index contributed by atoms with van der Waals surface area (Å²) in [4.78, 5) is 21.1. The zero-order valence-corrected chi connectivity index (χ0v) is 20.0. The summed E-state index contributed by atoms with van der Waals surface area (Å²) >= 11 is 0. The quantitative estimate of drug-likeness (QED) is 0.312. The highest BCUT2D eigenvalue weighted by Crippen LogP contribution is 2.35. The fraction of sp³-hybridized carbons (Fsp3) is 0.179. The summed E-state index contributed by atoms with van der Waals surface area (Å²) in [6.45, 7) is 6.78. The first-order valence-corrected chi connectivity index (χ1v) is 11.3. The lowest BCUT2D eigenvalue weighted by Gasteiger charge is -2.22. The number of carbonyl (C=O) groups is 1. The van der Waals surface area contributed by atoms with Gasteiger partial charge in [-0.3, -0.25) is 4.98 Å². The molecule has 0 bridgehead atoms. The molecule has 0 spiro atoms. The van der Waals surface area contributed by atoms with Gasteiger partial charge >= 0.3 is 6.03 Å². The fourth-order valence-corrected chi connectivity index (χ4v) is 3.42. The van der Waals surface area contributed by atoms with Crippen LogP contribution >= 0.6 is 0 Å². The van der Waals surface area contributed by atoms with Crippen LogP contribution in [-0.4, -0.2) is 16.0 Å². The molecule has 0 aliphatic rings. The molecule has 178 valence electrons. The predicted octanol–water partition coefficient (Wildman–Crippen LogP) is 6.79. The number of hydrogen-bond donors (Lipinski definition) is 2. The van der Waals surface area contributed by atoms with Gasteiger partial charge in [-0.05, 0) is 53.9 Å². The van der Waals surface area contributed by atoms with E-state index in [4.69, 9.17) is 9.47 Å². The molecule has 0 radical (unpaired) electrons. The SMILES string of the molecule is CC(C)(C)c1ccccc1Oc1ncccc1NC(=O)Nc1ccc(OCc2cccnc2)cc1. The summed E-state index contributed by atoms with van der Waals surface area (Å²) in [7, 11) is 0. The number of rotatable bonds is 7. The number of nitrogens with zero attached hydrogens (tertiary/aromatic N) is 2. The standard InChI is InChI=1S/C28H28N4O3/c1-28(2,3)23-9-4-5-11-25(23)35-26-24(10-7-17-30-26)32-27(33)31-21-12-14-22(15-13-21)34-19-20-8-6-16-29-18-20/h4-18H,19H2,1-3H3,(H2,31,32,33). The summed E-state index contributed by atoms with van der Waals surface area (Å²) in [5.74, 6) is 1.71. The van der Waals surface area contributed by atoms with Crippen LogP contribution in [0.1, 0.15) is 31.9 Å². The third kappa shape index (κ3) is 6.57. The first-order valence-electron chi connectivity index (χ1n) is 11.3. The Kier molecular flexibility index (Phi) is 7.26. The zero-order chi connectivity index (χ0) is 24.7. The third-order valence-electron chi connectivity index (χ3n) is 5.16. The number of amides is 2. The van der Waals surface area contributed by atoms with Crippen molar-refractivity contribution in [3.63, 3.8) is 0 Å². The molecule has 2 aromatic heterocycles. The molecule has 0 aliphatic carbocycles. The van der Waals surface area contributed by atoms with Crippen LogP contribution in [0.3, 0.4) is 0 Å². The predicted molar refractivity (Wildman–Crippen MR) is 137 cm³/mol. The van der Waals surface area contributed by atoms with E-state index in [-0.39, 0.29) is 5.41 Å². The Labute approximate surface area is 205 Å². The van der Waals surface area contributed by atoms with E-state index in [0.717, 1.165) is 11.1 Å². The van der Waals surface area contributed by atoms with E-state index < -0.39 is 6.03 Å². The highest BCUT2D eigenvalue weighted by molar-refractivity contribution is 6.00. The minimum absolute atomic E-state index is 0.107. The van der Waals surface area contributed by atoms with Gasteiger partial charge < -0.3 is 20.1 Å². The van der Waals surface area contributed by atoms with Crippen LogP contribution in [0.5, 0.6) is 17.4 Å². The second-order valence-electron chi connectivity index (χ2n) is 8.96.